The summed E-state index contributed by atoms with van der Waals surface area (Å²) < 4.78 is 32.4. The molecule has 3 unspecified atom stereocenters. The van der Waals surface area contributed by atoms with Gasteiger partial charge in [-0.15, -0.1) is 0 Å². The number of nitrogens with two attached hydrogens (primary N) is 1. The Bertz CT molecular complexity index is 2250. The molecule has 0 radical (unpaired) electrons. The molecule has 12 heteroatoms. The van der Waals surface area contributed by atoms with E-state index in [9.17, 15) is 4.39 Å². The molecule has 3 aromatic heterocycles. The van der Waals surface area contributed by atoms with Crippen LogP contribution < -0.4 is 15.8 Å². The number of nitrogens with one attached hydrogen (secondary N) is 1. The number of anilines is 2. The number of hydrogen-bond acceptors (Lipinski definition) is 10. The minimum atomic E-state index is -0.331. The number of aromatic nitrogens is 4. The number of fused-ring (bicyclic) bond motifs is 1. The molecule has 2 saturated heterocycles. The molecule has 6 aromatic rings. The van der Waals surface area contributed by atoms with Crippen LogP contribution in [0.5, 0.6) is 5.75 Å². The zero-order valence-electron chi connectivity index (χ0n) is 33.2. The molecule has 0 aliphatic carbocycles. The summed E-state index contributed by atoms with van der Waals surface area (Å²) in [6.45, 7) is 14.2. The van der Waals surface area contributed by atoms with Crippen molar-refractivity contribution in [3.05, 3.63) is 94.7 Å². The molecule has 2 aliphatic heterocycles. The minimum Gasteiger partial charge on any atom is -0.494 e. The highest BCUT2D eigenvalue weighted by atomic mass is 19.1. The van der Waals surface area contributed by atoms with Gasteiger partial charge in [0.05, 0.1) is 40.9 Å². The summed E-state index contributed by atoms with van der Waals surface area (Å²) in [5.74, 6) is 2.73. The van der Waals surface area contributed by atoms with Gasteiger partial charge in [-0.2, -0.15) is 0 Å². The monoisotopic (exact) mass is 748 g/mol. The first-order chi connectivity index (χ1) is 26.4. The third-order valence-corrected chi connectivity index (χ3v) is 11.1. The van der Waals surface area contributed by atoms with Crippen LogP contribution >= 0.6 is 0 Å². The average Bonchev–Trinajstić information content (AvgIpc) is 3.99. The zero-order valence-corrected chi connectivity index (χ0v) is 33.2. The van der Waals surface area contributed by atoms with E-state index in [1.54, 1.807) is 12.1 Å². The van der Waals surface area contributed by atoms with E-state index in [1.165, 1.54) is 7.11 Å². The van der Waals surface area contributed by atoms with Crippen molar-refractivity contribution in [3.8, 4) is 28.0 Å². The van der Waals surface area contributed by atoms with Crippen molar-refractivity contribution in [1.29, 1.82) is 0 Å². The molecule has 5 heterocycles. The van der Waals surface area contributed by atoms with Crippen molar-refractivity contribution in [2.75, 3.05) is 58.4 Å². The SMILES string of the molecule is COc1ccc(CC(C)c2nc3cc(-c4c(C)noc4C)ccc3n2C2CCN(C)C2)cc1F.Cc1noc(C)c1-c1ccc(NC2CCN(C)C2)c(N)c1. The topological polar surface area (TPSA) is 124 Å². The minimum absolute atomic E-state index is 0.119. The maximum absolute atomic E-state index is 14.3. The highest BCUT2D eigenvalue weighted by Gasteiger charge is 2.28. The normalized spacial score (nSPS) is 18.1. The number of likely N-dealkylation sites (N-methyl/N-ethyl adjacent to an activating group) is 2. The van der Waals surface area contributed by atoms with E-state index in [0.717, 1.165) is 118 Å². The molecule has 3 N–H and O–H groups in total. The number of methoxy groups -OCH3 is 1. The molecular weight excluding hydrogens is 696 g/mol. The van der Waals surface area contributed by atoms with Gasteiger partial charge in [-0.3, -0.25) is 0 Å². The lowest BCUT2D eigenvalue weighted by Crippen LogP contribution is -2.23. The van der Waals surface area contributed by atoms with Gasteiger partial charge < -0.3 is 39.2 Å². The van der Waals surface area contributed by atoms with Crippen LogP contribution in [-0.2, 0) is 6.42 Å². The Labute approximate surface area is 322 Å². The second-order valence-electron chi connectivity index (χ2n) is 15.4. The van der Waals surface area contributed by atoms with Gasteiger partial charge in [0.1, 0.15) is 17.3 Å². The number of nitrogens with zero attached hydrogens (tertiary/aromatic N) is 6. The number of imidazole rings is 1. The molecule has 55 heavy (non-hydrogen) atoms. The molecule has 0 bridgehead atoms. The Morgan fingerprint density at radius 2 is 1.53 bits per heavy atom. The fourth-order valence-corrected chi connectivity index (χ4v) is 8.32. The van der Waals surface area contributed by atoms with E-state index in [1.807, 2.05) is 39.8 Å². The predicted octanol–water partition coefficient (Wildman–Crippen LogP) is 8.34. The van der Waals surface area contributed by atoms with Crippen LogP contribution in [0, 0.1) is 33.5 Å². The first-order valence-electron chi connectivity index (χ1n) is 19.1. The Balaban J connectivity index is 0.000000190. The average molecular weight is 749 g/mol. The quantitative estimate of drug-likeness (QED) is 0.140. The van der Waals surface area contributed by atoms with Gasteiger partial charge in [-0.25, -0.2) is 9.37 Å². The Morgan fingerprint density at radius 3 is 2.09 bits per heavy atom. The summed E-state index contributed by atoms with van der Waals surface area (Å²) in [4.78, 5) is 9.83. The molecule has 0 spiro atoms. The van der Waals surface area contributed by atoms with Crippen LogP contribution in [0.3, 0.4) is 0 Å². The van der Waals surface area contributed by atoms with Gasteiger partial charge in [0, 0.05) is 42.2 Å². The first kappa shape index (κ1) is 38.1. The standard InChI is InChI=1S/C27H31FN4O2.C16H22N4O/c1-16(12-19-6-9-25(33-5)22(28)13-19)27-29-23-14-20(26-17(2)30-34-18(26)3)7-8-24(23)32(27)21-10-11-31(4)15-21;1-10-16(11(2)21-19-10)12-4-5-15(14(17)8-12)18-13-6-7-20(3)9-13/h6-9,13-14,16,21H,10-12,15H2,1-5H3;4-5,8,13,18H,6-7,9,17H2,1-3H3. The summed E-state index contributed by atoms with van der Waals surface area (Å²) >= 11 is 0. The van der Waals surface area contributed by atoms with Crippen LogP contribution in [0.25, 0.3) is 33.3 Å². The predicted molar refractivity (Wildman–Crippen MR) is 216 cm³/mol. The van der Waals surface area contributed by atoms with Gasteiger partial charge >= 0.3 is 0 Å². The zero-order chi connectivity index (χ0) is 39.0. The summed E-state index contributed by atoms with van der Waals surface area (Å²) in [6, 6.07) is 18.6. The fraction of sp³-hybridized carbons (Fsp3) is 0.419. The number of ether oxygens (including phenoxy) is 1. The van der Waals surface area contributed by atoms with E-state index in [0.29, 0.717) is 18.5 Å². The lowest BCUT2D eigenvalue weighted by Gasteiger charge is -2.20. The van der Waals surface area contributed by atoms with Crippen LogP contribution in [0.1, 0.15) is 66.0 Å². The van der Waals surface area contributed by atoms with Gasteiger partial charge in [0.2, 0.25) is 0 Å². The van der Waals surface area contributed by atoms with E-state index < -0.39 is 0 Å². The number of aryl methyl sites for hydroxylation is 4. The molecule has 0 saturated carbocycles. The first-order valence-corrected chi connectivity index (χ1v) is 19.1. The lowest BCUT2D eigenvalue weighted by molar-refractivity contribution is 0.385. The third kappa shape index (κ3) is 7.97. The molecule has 3 aromatic carbocycles. The molecule has 290 valence electrons. The smallest absolute Gasteiger partial charge is 0.165 e. The van der Waals surface area contributed by atoms with E-state index in [-0.39, 0.29) is 17.5 Å². The number of likely N-dealkylation sites (tertiary alicyclic amines) is 2. The van der Waals surface area contributed by atoms with Crippen molar-refractivity contribution < 1.29 is 18.2 Å². The van der Waals surface area contributed by atoms with Crippen LogP contribution in [0.2, 0.25) is 0 Å². The Kier molecular flexibility index (Phi) is 11.0. The molecule has 8 rings (SSSR count). The van der Waals surface area contributed by atoms with E-state index in [2.05, 4.69) is 81.3 Å². The second-order valence-corrected chi connectivity index (χ2v) is 15.4. The summed E-state index contributed by atoms with van der Waals surface area (Å²) in [7, 11) is 5.79. The van der Waals surface area contributed by atoms with Crippen molar-refractivity contribution in [1.82, 2.24) is 29.7 Å². The number of nitrogen functional groups attached to an aromatic ring is 1. The summed E-state index contributed by atoms with van der Waals surface area (Å²) in [5.41, 5.74) is 17.0. The Morgan fingerprint density at radius 1 is 0.873 bits per heavy atom. The molecule has 0 amide bonds. The van der Waals surface area contributed by atoms with Crippen LogP contribution in [0.4, 0.5) is 15.8 Å². The van der Waals surface area contributed by atoms with Crippen molar-refractivity contribution in [2.45, 2.75) is 71.9 Å². The highest BCUT2D eigenvalue weighted by molar-refractivity contribution is 5.84. The van der Waals surface area contributed by atoms with Crippen molar-refractivity contribution >= 4 is 22.4 Å². The van der Waals surface area contributed by atoms with Gasteiger partial charge in [0.15, 0.2) is 11.6 Å². The second kappa shape index (κ2) is 15.9. The van der Waals surface area contributed by atoms with E-state index in [4.69, 9.17) is 24.5 Å². The third-order valence-electron chi connectivity index (χ3n) is 11.1. The number of rotatable bonds is 9. The number of halogens is 1. The summed E-state index contributed by atoms with van der Waals surface area (Å²) in [6.07, 6.45) is 2.94. The lowest BCUT2D eigenvalue weighted by atomic mass is 9.99. The van der Waals surface area contributed by atoms with Gasteiger partial charge in [-0.1, -0.05) is 35.4 Å². The number of hydrogen-bond donors (Lipinski definition) is 2. The molecule has 3 atom stereocenters. The largest absolute Gasteiger partial charge is 0.494 e. The van der Waals surface area contributed by atoms with Crippen molar-refractivity contribution in [3.63, 3.8) is 0 Å². The molecule has 2 fully saturated rings. The summed E-state index contributed by atoms with van der Waals surface area (Å²) in [5, 5.41) is 11.7. The number of benzene rings is 3. The maximum atomic E-state index is 14.3. The Hall–Kier alpha value is -5.20. The van der Waals surface area contributed by atoms with Crippen LogP contribution in [-0.4, -0.2) is 83.1 Å². The fourth-order valence-electron chi connectivity index (χ4n) is 8.32. The van der Waals surface area contributed by atoms with Gasteiger partial charge in [0.25, 0.3) is 0 Å². The van der Waals surface area contributed by atoms with Gasteiger partial charge in [-0.05, 0) is 127 Å². The van der Waals surface area contributed by atoms with Crippen molar-refractivity contribution in [2.24, 2.45) is 0 Å². The highest BCUT2D eigenvalue weighted by Crippen LogP contribution is 2.36. The molecule has 2 aliphatic rings. The molecule has 11 nitrogen and oxygen atoms in total. The van der Waals surface area contributed by atoms with E-state index >= 15 is 0 Å². The van der Waals surface area contributed by atoms with Crippen LogP contribution in [0.15, 0.2) is 63.6 Å². The molecular formula is C43H53FN8O3. The maximum Gasteiger partial charge on any atom is 0.165 e.